The zero-order valence-corrected chi connectivity index (χ0v) is 14.2. The summed E-state index contributed by atoms with van der Waals surface area (Å²) in [4.78, 5) is 13.1. The lowest BCUT2D eigenvalue weighted by Gasteiger charge is -2.34. The molecule has 1 amide bonds. The fraction of sp³-hybridized carbons (Fsp3) is 0.316. The van der Waals surface area contributed by atoms with Gasteiger partial charge in [-0.05, 0) is 17.5 Å². The van der Waals surface area contributed by atoms with E-state index in [1.54, 1.807) is 60.7 Å². The van der Waals surface area contributed by atoms with Crippen LogP contribution in [0.15, 0.2) is 60.7 Å². The minimum atomic E-state index is -4.87. The zero-order valence-electron chi connectivity index (χ0n) is 14.2. The Hall–Kier alpha value is -2.54. The highest BCUT2D eigenvalue weighted by Crippen LogP contribution is 2.28. The van der Waals surface area contributed by atoms with Gasteiger partial charge in [0.25, 0.3) is 0 Å². The molecule has 0 saturated carbocycles. The third-order valence-corrected chi connectivity index (χ3v) is 3.99. The summed E-state index contributed by atoms with van der Waals surface area (Å²) >= 11 is 0. The van der Waals surface area contributed by atoms with E-state index < -0.39 is 24.4 Å². The number of hydrogen-bond donors (Lipinski definition) is 1. The second kappa shape index (κ2) is 8.71. The lowest BCUT2D eigenvalue weighted by Crippen LogP contribution is -2.53. The summed E-state index contributed by atoms with van der Waals surface area (Å²) in [5, 5.41) is 9.93. The lowest BCUT2D eigenvalue weighted by molar-refractivity contribution is -0.220. The Bertz CT molecular complexity index is 692. The standard InChI is InChI=1S/C19H20F3NO3/c1-26-18(25)23(13-15-10-6-3-7-11-15)16(17(24)19(20,21)22)12-14-8-4-2-5-9-14/h2-11,16-17,24H,12-13H2,1H3/t16-,17+/m0/s1. The Kier molecular flexibility index (Phi) is 6.63. The van der Waals surface area contributed by atoms with Crippen LogP contribution in [-0.2, 0) is 17.7 Å². The summed E-state index contributed by atoms with van der Waals surface area (Å²) in [6, 6.07) is 15.5. The molecule has 2 aromatic rings. The van der Waals surface area contributed by atoms with E-state index in [-0.39, 0.29) is 13.0 Å². The van der Waals surface area contributed by atoms with Crippen molar-refractivity contribution in [3.8, 4) is 0 Å². The number of aliphatic hydroxyl groups is 1. The molecule has 1 N–H and O–H groups in total. The smallest absolute Gasteiger partial charge is 0.416 e. The summed E-state index contributed by atoms with van der Waals surface area (Å²) in [6.07, 6.45) is -8.67. The molecule has 0 unspecified atom stereocenters. The number of methoxy groups -OCH3 is 1. The normalized spacial score (nSPS) is 13.7. The Labute approximate surface area is 149 Å². The number of aliphatic hydroxyl groups excluding tert-OH is 1. The highest BCUT2D eigenvalue weighted by Gasteiger charge is 2.47. The first-order valence-corrected chi connectivity index (χ1v) is 8.00. The van der Waals surface area contributed by atoms with Gasteiger partial charge in [-0.15, -0.1) is 0 Å². The Balaban J connectivity index is 2.37. The quantitative estimate of drug-likeness (QED) is 0.845. The van der Waals surface area contributed by atoms with Crippen molar-refractivity contribution >= 4 is 6.09 Å². The summed E-state index contributed by atoms with van der Waals surface area (Å²) in [7, 11) is 1.10. The van der Waals surface area contributed by atoms with E-state index in [9.17, 15) is 23.1 Å². The van der Waals surface area contributed by atoms with Gasteiger partial charge in [0.15, 0.2) is 6.10 Å². The van der Waals surface area contributed by atoms with Gasteiger partial charge in [0, 0.05) is 6.54 Å². The maximum Gasteiger partial charge on any atom is 0.416 e. The van der Waals surface area contributed by atoms with Crippen LogP contribution in [0.2, 0.25) is 0 Å². The van der Waals surface area contributed by atoms with Crippen LogP contribution in [-0.4, -0.2) is 41.5 Å². The number of hydrogen-bond acceptors (Lipinski definition) is 3. The summed E-state index contributed by atoms with van der Waals surface area (Å²) in [5.41, 5.74) is 1.20. The van der Waals surface area contributed by atoms with Gasteiger partial charge in [-0.25, -0.2) is 4.79 Å². The van der Waals surface area contributed by atoms with Crippen molar-refractivity contribution in [3.05, 3.63) is 71.8 Å². The van der Waals surface area contributed by atoms with E-state index in [0.717, 1.165) is 12.0 Å². The molecule has 0 heterocycles. The molecule has 0 spiro atoms. The van der Waals surface area contributed by atoms with Crippen LogP contribution in [0.5, 0.6) is 0 Å². The second-order valence-electron chi connectivity index (χ2n) is 5.83. The molecule has 0 aliphatic carbocycles. The van der Waals surface area contributed by atoms with E-state index in [2.05, 4.69) is 4.74 Å². The van der Waals surface area contributed by atoms with Gasteiger partial charge in [-0.2, -0.15) is 13.2 Å². The van der Waals surface area contributed by atoms with Crippen LogP contribution in [0.25, 0.3) is 0 Å². The van der Waals surface area contributed by atoms with Crippen LogP contribution >= 0.6 is 0 Å². The Morgan fingerprint density at radius 1 is 1.04 bits per heavy atom. The minimum absolute atomic E-state index is 0.113. The van der Waals surface area contributed by atoms with Gasteiger partial charge in [0.2, 0.25) is 0 Å². The van der Waals surface area contributed by atoms with Gasteiger partial charge in [-0.3, -0.25) is 4.90 Å². The zero-order chi connectivity index (χ0) is 19.2. The predicted molar refractivity (Wildman–Crippen MR) is 90.4 cm³/mol. The fourth-order valence-corrected chi connectivity index (χ4v) is 2.68. The van der Waals surface area contributed by atoms with E-state index in [4.69, 9.17) is 0 Å². The van der Waals surface area contributed by atoms with Crippen LogP contribution in [0, 0.1) is 0 Å². The first-order chi connectivity index (χ1) is 12.3. The molecular formula is C19H20F3NO3. The number of rotatable bonds is 6. The highest BCUT2D eigenvalue weighted by atomic mass is 19.4. The number of ether oxygens (including phenoxy) is 1. The number of carbonyl (C=O) groups is 1. The van der Waals surface area contributed by atoms with Gasteiger partial charge in [0.05, 0.1) is 13.2 Å². The third-order valence-electron chi connectivity index (χ3n) is 3.99. The van der Waals surface area contributed by atoms with E-state index >= 15 is 0 Å². The monoisotopic (exact) mass is 367 g/mol. The summed E-state index contributed by atoms with van der Waals surface area (Å²) in [5.74, 6) is 0. The SMILES string of the molecule is COC(=O)N(Cc1ccccc1)[C@@H](Cc1ccccc1)[C@@H](O)C(F)(F)F. The molecular weight excluding hydrogens is 347 g/mol. The van der Waals surface area contributed by atoms with Gasteiger partial charge < -0.3 is 9.84 Å². The van der Waals surface area contributed by atoms with Crippen molar-refractivity contribution in [2.75, 3.05) is 7.11 Å². The highest BCUT2D eigenvalue weighted by molar-refractivity contribution is 5.68. The van der Waals surface area contributed by atoms with E-state index in [0.29, 0.717) is 11.1 Å². The average molecular weight is 367 g/mol. The van der Waals surface area contributed by atoms with Gasteiger partial charge in [-0.1, -0.05) is 60.7 Å². The van der Waals surface area contributed by atoms with E-state index in [1.807, 2.05) is 0 Å². The molecule has 2 atom stereocenters. The number of alkyl halides is 3. The molecule has 0 aliphatic heterocycles. The average Bonchev–Trinajstić information content (AvgIpc) is 2.64. The van der Waals surface area contributed by atoms with Crippen molar-refractivity contribution < 1.29 is 27.8 Å². The van der Waals surface area contributed by atoms with Crippen LogP contribution < -0.4 is 0 Å². The molecule has 2 rings (SSSR count). The first kappa shape index (κ1) is 19.8. The molecule has 2 aromatic carbocycles. The molecule has 0 aliphatic rings. The molecule has 0 aromatic heterocycles. The fourth-order valence-electron chi connectivity index (χ4n) is 2.68. The number of nitrogens with zero attached hydrogens (tertiary/aromatic N) is 1. The molecule has 0 bridgehead atoms. The van der Waals surface area contributed by atoms with E-state index in [1.165, 1.54) is 0 Å². The summed E-state index contributed by atoms with van der Waals surface area (Å²) in [6.45, 7) is -0.113. The molecule has 4 nitrogen and oxygen atoms in total. The molecule has 0 radical (unpaired) electrons. The van der Waals surface area contributed by atoms with Crippen molar-refractivity contribution in [1.29, 1.82) is 0 Å². The Morgan fingerprint density at radius 2 is 1.54 bits per heavy atom. The van der Waals surface area contributed by atoms with Crippen molar-refractivity contribution in [2.45, 2.75) is 31.3 Å². The van der Waals surface area contributed by atoms with Crippen LogP contribution in [0.1, 0.15) is 11.1 Å². The topological polar surface area (TPSA) is 49.8 Å². The van der Waals surface area contributed by atoms with Gasteiger partial charge >= 0.3 is 12.3 Å². The second-order valence-corrected chi connectivity index (χ2v) is 5.83. The molecule has 26 heavy (non-hydrogen) atoms. The van der Waals surface area contributed by atoms with Crippen LogP contribution in [0.4, 0.5) is 18.0 Å². The van der Waals surface area contributed by atoms with Gasteiger partial charge in [0.1, 0.15) is 0 Å². The third kappa shape index (κ3) is 5.23. The molecule has 7 heteroatoms. The summed E-state index contributed by atoms with van der Waals surface area (Å²) < 4.78 is 44.4. The molecule has 140 valence electrons. The maximum atomic E-state index is 13.2. The van der Waals surface area contributed by atoms with Crippen molar-refractivity contribution in [1.82, 2.24) is 4.90 Å². The molecule has 0 saturated heterocycles. The molecule has 0 fully saturated rings. The maximum absolute atomic E-state index is 13.2. The number of halogens is 3. The number of amides is 1. The largest absolute Gasteiger partial charge is 0.453 e. The Morgan fingerprint density at radius 3 is 2.00 bits per heavy atom. The lowest BCUT2D eigenvalue weighted by atomic mass is 9.98. The number of benzene rings is 2. The van der Waals surface area contributed by atoms with Crippen LogP contribution in [0.3, 0.4) is 0 Å². The minimum Gasteiger partial charge on any atom is -0.453 e. The van der Waals surface area contributed by atoms with Crippen molar-refractivity contribution in [2.24, 2.45) is 0 Å². The number of carbonyl (C=O) groups excluding carboxylic acids is 1. The predicted octanol–water partition coefficient (Wildman–Crippen LogP) is 3.79. The first-order valence-electron chi connectivity index (χ1n) is 8.00. The van der Waals surface area contributed by atoms with Crippen molar-refractivity contribution in [3.63, 3.8) is 0 Å².